The van der Waals surface area contributed by atoms with Crippen molar-refractivity contribution in [3.05, 3.63) is 50.1 Å². The fraction of sp³-hybridized carbons (Fsp3) is 0.286. The van der Waals surface area contributed by atoms with E-state index in [1.807, 2.05) is 24.4 Å². The van der Waals surface area contributed by atoms with Crippen molar-refractivity contribution < 1.29 is 13.5 Å². The molecule has 0 amide bonds. The van der Waals surface area contributed by atoms with E-state index in [0.717, 1.165) is 4.88 Å². The third-order valence-electron chi connectivity index (χ3n) is 3.13. The van der Waals surface area contributed by atoms with Crippen molar-refractivity contribution in [3.63, 3.8) is 0 Å². The van der Waals surface area contributed by atoms with Crippen LogP contribution in [0.15, 0.2) is 39.0 Å². The van der Waals surface area contributed by atoms with E-state index >= 15 is 0 Å². The Morgan fingerprint density at radius 3 is 2.71 bits per heavy atom. The Morgan fingerprint density at radius 1 is 1.43 bits per heavy atom. The fourth-order valence-electron chi connectivity index (χ4n) is 1.97. The summed E-state index contributed by atoms with van der Waals surface area (Å²) in [7, 11) is -3.66. The lowest BCUT2D eigenvalue weighted by Crippen LogP contribution is -2.27. The summed E-state index contributed by atoms with van der Waals surface area (Å²) in [5.74, 6) is 0. The van der Waals surface area contributed by atoms with E-state index < -0.39 is 10.0 Å². The van der Waals surface area contributed by atoms with Crippen LogP contribution in [0.3, 0.4) is 0 Å². The van der Waals surface area contributed by atoms with Crippen LogP contribution in [0.1, 0.15) is 29.0 Å². The van der Waals surface area contributed by atoms with Crippen molar-refractivity contribution >= 4 is 37.3 Å². The molecule has 0 aliphatic carbocycles. The van der Waals surface area contributed by atoms with Crippen LogP contribution >= 0.6 is 27.3 Å². The summed E-state index contributed by atoms with van der Waals surface area (Å²) in [5, 5.41) is 11.2. The molecule has 1 heterocycles. The van der Waals surface area contributed by atoms with E-state index in [1.165, 1.54) is 17.4 Å². The van der Waals surface area contributed by atoms with Crippen molar-refractivity contribution in [2.75, 3.05) is 0 Å². The maximum atomic E-state index is 12.6. The minimum Gasteiger partial charge on any atom is -0.392 e. The summed E-state index contributed by atoms with van der Waals surface area (Å²) >= 11 is 4.84. The van der Waals surface area contributed by atoms with Gasteiger partial charge in [0.2, 0.25) is 10.0 Å². The maximum absolute atomic E-state index is 12.6. The monoisotopic (exact) mass is 389 g/mol. The predicted molar refractivity (Wildman–Crippen MR) is 87.9 cm³/mol. The lowest BCUT2D eigenvalue weighted by Gasteiger charge is -2.16. The first-order valence-electron chi connectivity index (χ1n) is 6.30. The molecule has 4 nitrogen and oxygen atoms in total. The minimum absolute atomic E-state index is 0.185. The molecular formula is C14H16BrNO3S2. The number of aliphatic hydroxyl groups is 1. The van der Waals surface area contributed by atoms with Crippen molar-refractivity contribution in [2.45, 2.75) is 31.4 Å². The standard InChI is InChI=1S/C14H16BrNO3S2/c1-9-12(15)6-11(8-17)7-14(9)21(18,19)16-10(2)13-4-3-5-20-13/h3-7,10,16-17H,8H2,1-2H3. The van der Waals surface area contributed by atoms with Gasteiger partial charge in [-0.05, 0) is 48.6 Å². The highest BCUT2D eigenvalue weighted by atomic mass is 79.9. The first-order chi connectivity index (χ1) is 9.85. The molecular weight excluding hydrogens is 374 g/mol. The van der Waals surface area contributed by atoms with Crippen LogP contribution in [-0.2, 0) is 16.6 Å². The molecule has 7 heteroatoms. The van der Waals surface area contributed by atoms with E-state index in [-0.39, 0.29) is 17.5 Å². The molecule has 0 radical (unpaired) electrons. The fourth-order valence-corrected chi connectivity index (χ4v) is 4.96. The summed E-state index contributed by atoms with van der Waals surface area (Å²) < 4.78 is 28.5. The van der Waals surface area contributed by atoms with Crippen molar-refractivity contribution in [3.8, 4) is 0 Å². The molecule has 0 saturated carbocycles. The Balaban J connectivity index is 2.38. The van der Waals surface area contributed by atoms with Crippen LogP contribution < -0.4 is 4.72 Å². The number of thiophene rings is 1. The van der Waals surface area contributed by atoms with Gasteiger partial charge in [-0.15, -0.1) is 11.3 Å². The Kier molecular flexibility index (Phi) is 5.21. The zero-order chi connectivity index (χ0) is 15.6. The molecule has 0 bridgehead atoms. The zero-order valence-electron chi connectivity index (χ0n) is 11.6. The molecule has 0 aliphatic rings. The van der Waals surface area contributed by atoms with Gasteiger partial charge in [0.1, 0.15) is 0 Å². The number of halogens is 1. The van der Waals surface area contributed by atoms with Crippen LogP contribution in [0.5, 0.6) is 0 Å². The molecule has 0 fully saturated rings. The summed E-state index contributed by atoms with van der Waals surface area (Å²) in [6.07, 6.45) is 0. The molecule has 21 heavy (non-hydrogen) atoms. The average molecular weight is 390 g/mol. The highest BCUT2D eigenvalue weighted by Gasteiger charge is 2.22. The molecule has 2 rings (SSSR count). The molecule has 0 saturated heterocycles. The molecule has 2 aromatic rings. The Labute approximate surface area is 137 Å². The quantitative estimate of drug-likeness (QED) is 0.823. The van der Waals surface area contributed by atoms with Crippen LogP contribution in [-0.4, -0.2) is 13.5 Å². The normalized spacial score (nSPS) is 13.3. The van der Waals surface area contributed by atoms with Crippen molar-refractivity contribution in [1.29, 1.82) is 0 Å². The largest absolute Gasteiger partial charge is 0.392 e. The second-order valence-electron chi connectivity index (χ2n) is 4.72. The van der Waals surface area contributed by atoms with Gasteiger partial charge in [-0.3, -0.25) is 0 Å². The van der Waals surface area contributed by atoms with Crippen LogP contribution in [0.25, 0.3) is 0 Å². The summed E-state index contributed by atoms with van der Waals surface area (Å²) in [4.78, 5) is 1.14. The van der Waals surface area contributed by atoms with Gasteiger partial charge in [0.25, 0.3) is 0 Å². The zero-order valence-corrected chi connectivity index (χ0v) is 14.8. The third kappa shape index (κ3) is 3.73. The topological polar surface area (TPSA) is 66.4 Å². The molecule has 114 valence electrons. The van der Waals surface area contributed by atoms with Crippen LogP contribution in [0, 0.1) is 6.92 Å². The smallest absolute Gasteiger partial charge is 0.241 e. The predicted octanol–water partition coefficient (Wildman–Crippen LogP) is 3.35. The molecule has 1 aromatic heterocycles. The number of nitrogens with one attached hydrogen (secondary N) is 1. The van der Waals surface area contributed by atoms with Crippen molar-refractivity contribution in [2.24, 2.45) is 0 Å². The third-order valence-corrected chi connectivity index (χ3v) is 6.68. The summed E-state index contributed by atoms with van der Waals surface area (Å²) in [6, 6.07) is 6.70. The first kappa shape index (κ1) is 16.6. The Morgan fingerprint density at radius 2 is 2.14 bits per heavy atom. The molecule has 1 aromatic carbocycles. The van der Waals surface area contributed by atoms with Gasteiger partial charge in [0.05, 0.1) is 17.5 Å². The molecule has 1 unspecified atom stereocenters. The van der Waals surface area contributed by atoms with E-state index in [1.54, 1.807) is 13.0 Å². The number of hydrogen-bond donors (Lipinski definition) is 2. The average Bonchev–Trinajstić information content (AvgIpc) is 2.95. The highest BCUT2D eigenvalue weighted by Crippen LogP contribution is 2.27. The second-order valence-corrected chi connectivity index (χ2v) is 8.23. The Hall–Kier alpha value is -0.730. The van der Waals surface area contributed by atoms with Crippen LogP contribution in [0.2, 0.25) is 0 Å². The highest BCUT2D eigenvalue weighted by molar-refractivity contribution is 9.10. The van der Waals surface area contributed by atoms with Gasteiger partial charge in [-0.2, -0.15) is 0 Å². The molecule has 0 aliphatic heterocycles. The second kappa shape index (κ2) is 6.58. The number of benzene rings is 1. The molecule has 0 spiro atoms. The van der Waals surface area contributed by atoms with E-state index in [0.29, 0.717) is 15.6 Å². The van der Waals surface area contributed by atoms with Crippen molar-refractivity contribution in [1.82, 2.24) is 4.72 Å². The summed E-state index contributed by atoms with van der Waals surface area (Å²) in [6.45, 7) is 3.33. The lowest BCUT2D eigenvalue weighted by molar-refractivity contribution is 0.281. The Bertz CT molecular complexity index is 727. The van der Waals surface area contributed by atoms with E-state index in [4.69, 9.17) is 0 Å². The number of sulfonamides is 1. The molecule has 1 atom stereocenters. The minimum atomic E-state index is -3.66. The summed E-state index contributed by atoms with van der Waals surface area (Å²) in [5.41, 5.74) is 1.18. The lowest BCUT2D eigenvalue weighted by atomic mass is 10.2. The van der Waals surface area contributed by atoms with Gasteiger partial charge in [-0.25, -0.2) is 13.1 Å². The van der Waals surface area contributed by atoms with Gasteiger partial charge >= 0.3 is 0 Å². The van der Waals surface area contributed by atoms with Gasteiger partial charge in [0.15, 0.2) is 0 Å². The van der Waals surface area contributed by atoms with E-state index in [2.05, 4.69) is 20.7 Å². The SMILES string of the molecule is Cc1c(Br)cc(CO)cc1S(=O)(=O)NC(C)c1cccs1. The molecule has 2 N–H and O–H groups in total. The number of rotatable bonds is 5. The number of aliphatic hydroxyl groups excluding tert-OH is 1. The van der Waals surface area contributed by atoms with Gasteiger partial charge in [0, 0.05) is 9.35 Å². The van der Waals surface area contributed by atoms with Crippen LogP contribution in [0.4, 0.5) is 0 Å². The van der Waals surface area contributed by atoms with Gasteiger partial charge in [-0.1, -0.05) is 22.0 Å². The maximum Gasteiger partial charge on any atom is 0.241 e. The number of hydrogen-bond acceptors (Lipinski definition) is 4. The van der Waals surface area contributed by atoms with Gasteiger partial charge < -0.3 is 5.11 Å². The van der Waals surface area contributed by atoms with E-state index in [9.17, 15) is 13.5 Å². The first-order valence-corrected chi connectivity index (χ1v) is 9.46.